The van der Waals surface area contributed by atoms with E-state index in [-0.39, 0.29) is 36.1 Å². The van der Waals surface area contributed by atoms with Crippen LogP contribution in [0.25, 0.3) is 22.9 Å². The van der Waals surface area contributed by atoms with Crippen molar-refractivity contribution in [1.82, 2.24) is 9.97 Å². The first-order valence-corrected chi connectivity index (χ1v) is 22.2. The van der Waals surface area contributed by atoms with E-state index in [1.54, 1.807) is 24.3 Å². The molecule has 2 aliphatic carbocycles. The normalized spacial score (nSPS) is 18.2. The van der Waals surface area contributed by atoms with E-state index in [2.05, 4.69) is 38.0 Å². The summed E-state index contributed by atoms with van der Waals surface area (Å²) in [7, 11) is 0. The zero-order valence-corrected chi connectivity index (χ0v) is 37.0. The van der Waals surface area contributed by atoms with Crippen molar-refractivity contribution in [2.45, 2.75) is 115 Å². The molecule has 2 aromatic heterocycles. The number of halogens is 3. The molecule has 0 saturated heterocycles. The van der Waals surface area contributed by atoms with Crippen LogP contribution >= 0.6 is 15.9 Å². The van der Waals surface area contributed by atoms with Gasteiger partial charge < -0.3 is 28.2 Å². The summed E-state index contributed by atoms with van der Waals surface area (Å²) in [5.74, 6) is 1.77. The van der Waals surface area contributed by atoms with E-state index >= 15 is 0 Å². The van der Waals surface area contributed by atoms with Gasteiger partial charge in [0, 0.05) is 16.5 Å². The van der Waals surface area contributed by atoms with Crippen LogP contribution in [0.15, 0.2) is 106 Å². The number of aromatic nitrogens is 2. The summed E-state index contributed by atoms with van der Waals surface area (Å²) in [6, 6.07) is 31.5. The number of aryl methyl sites for hydroxylation is 2. The van der Waals surface area contributed by atoms with Crippen molar-refractivity contribution in [3.63, 3.8) is 0 Å². The molecular formula is C50H51BrF2N4O6. The number of ether oxygens (including phenoxy) is 3. The van der Waals surface area contributed by atoms with Gasteiger partial charge in [-0.15, -0.1) is 0 Å². The van der Waals surface area contributed by atoms with Crippen LogP contribution < -0.4 is 0 Å². The minimum absolute atomic E-state index is 0.0779. The van der Waals surface area contributed by atoms with E-state index in [4.69, 9.17) is 28.3 Å². The van der Waals surface area contributed by atoms with Crippen molar-refractivity contribution >= 4 is 15.9 Å². The number of rotatable bonds is 12. The highest BCUT2D eigenvalue weighted by atomic mass is 79.9. The molecule has 0 spiro atoms. The fourth-order valence-corrected chi connectivity index (χ4v) is 7.82. The van der Waals surface area contributed by atoms with Crippen molar-refractivity contribution in [3.8, 4) is 35.0 Å². The maximum Gasteiger partial charge on any atom is 0.226 e. The van der Waals surface area contributed by atoms with Gasteiger partial charge in [-0.05, 0) is 137 Å². The van der Waals surface area contributed by atoms with E-state index in [0.717, 1.165) is 89.5 Å². The number of oxazole rings is 2. The minimum Gasteiger partial charge on any atom is -0.441 e. The molecular weight excluding hydrogens is 870 g/mol. The molecule has 0 bridgehead atoms. The highest BCUT2D eigenvalue weighted by molar-refractivity contribution is 9.08. The molecule has 63 heavy (non-hydrogen) atoms. The average Bonchev–Trinajstić information content (AvgIpc) is 3.88. The third kappa shape index (κ3) is 14.0. The number of hydrogen-bond donors (Lipinski definition) is 1. The molecule has 2 fully saturated rings. The quantitative estimate of drug-likeness (QED) is 0.118. The average molecular weight is 922 g/mol. The molecule has 4 aromatic carbocycles. The standard InChI is InChI=1S/C25H25FN2O3.C17H20FNO3.C8H6BrN/c1-17-24(28-25(31-17)18-9-11-21(26)12-10-18)16-30-23-8-4-7-22(13-23)29-15-20-6-3-2-5-19(20)14-27;1-11-16(10-21-15-4-2-3-14(20)9-15)19-17(22-11)12-5-7-13(18)8-6-12;9-5-7-3-1-2-4-8(7)6-10/h2-3,5-6,9-12,22-23H,4,7-8,13,15-16H2,1H3;5-8,14-15,20H,2-4,9-10H2,1H3;1-4H,5H2. The summed E-state index contributed by atoms with van der Waals surface area (Å²) in [4.78, 5) is 8.97. The predicted octanol–water partition coefficient (Wildman–Crippen LogP) is 11.8. The fourth-order valence-electron chi connectivity index (χ4n) is 7.33. The highest BCUT2D eigenvalue weighted by Crippen LogP contribution is 2.29. The molecule has 4 atom stereocenters. The lowest BCUT2D eigenvalue weighted by Crippen LogP contribution is -2.28. The first-order chi connectivity index (χ1) is 30.6. The number of benzene rings is 4. The van der Waals surface area contributed by atoms with Gasteiger partial charge in [-0.2, -0.15) is 10.5 Å². The SMILES string of the molecule is Cc1oc(-c2ccc(F)cc2)nc1COC1CCCC(O)C1.Cc1oc(-c2ccc(F)cc2)nc1COC1CCCC(OCc2ccccc2C#N)C1.N#Cc1ccccc1CBr. The molecule has 2 heterocycles. The van der Waals surface area contributed by atoms with Gasteiger partial charge in [-0.25, -0.2) is 18.7 Å². The molecule has 0 aliphatic heterocycles. The minimum atomic E-state index is -0.291. The highest BCUT2D eigenvalue weighted by Gasteiger charge is 2.25. The number of hydrogen-bond acceptors (Lipinski definition) is 10. The Morgan fingerprint density at radius 2 is 1.05 bits per heavy atom. The second-order valence-electron chi connectivity index (χ2n) is 15.5. The maximum atomic E-state index is 13.1. The summed E-state index contributed by atoms with van der Waals surface area (Å²) in [6.45, 7) is 4.87. The Bertz CT molecular complexity index is 2440. The summed E-state index contributed by atoms with van der Waals surface area (Å²) in [5.41, 5.74) is 6.35. The number of nitriles is 2. The van der Waals surface area contributed by atoms with Gasteiger partial charge >= 0.3 is 0 Å². The predicted molar refractivity (Wildman–Crippen MR) is 237 cm³/mol. The van der Waals surface area contributed by atoms with E-state index < -0.39 is 0 Å². The maximum absolute atomic E-state index is 13.1. The number of aliphatic hydroxyl groups excluding tert-OH is 1. The Morgan fingerprint density at radius 1 is 0.619 bits per heavy atom. The first kappa shape index (κ1) is 47.0. The Morgan fingerprint density at radius 3 is 1.51 bits per heavy atom. The lowest BCUT2D eigenvalue weighted by atomic mass is 9.94. The van der Waals surface area contributed by atoms with Crippen LogP contribution in [-0.2, 0) is 39.4 Å². The van der Waals surface area contributed by atoms with Crippen molar-refractivity contribution in [2.75, 3.05) is 0 Å². The van der Waals surface area contributed by atoms with Crippen LogP contribution in [0.2, 0.25) is 0 Å². The van der Waals surface area contributed by atoms with Crippen LogP contribution in [0.4, 0.5) is 8.78 Å². The summed E-state index contributed by atoms with van der Waals surface area (Å²) < 4.78 is 55.5. The fraction of sp³-hybridized carbons (Fsp3) is 0.360. The molecule has 1 N–H and O–H groups in total. The summed E-state index contributed by atoms with van der Waals surface area (Å²) >= 11 is 3.30. The largest absolute Gasteiger partial charge is 0.441 e. The number of alkyl halides is 1. The lowest BCUT2D eigenvalue weighted by molar-refractivity contribution is -0.0563. The molecule has 10 nitrogen and oxygen atoms in total. The first-order valence-electron chi connectivity index (χ1n) is 21.1. The number of aliphatic hydroxyl groups is 1. The Labute approximate surface area is 375 Å². The third-order valence-electron chi connectivity index (χ3n) is 10.9. The third-order valence-corrected chi connectivity index (χ3v) is 11.6. The van der Waals surface area contributed by atoms with Gasteiger partial charge in [-0.3, -0.25) is 0 Å². The molecule has 4 unspecified atom stereocenters. The second kappa shape index (κ2) is 23.8. The van der Waals surface area contributed by atoms with Gasteiger partial charge in [0.15, 0.2) is 0 Å². The molecule has 2 saturated carbocycles. The van der Waals surface area contributed by atoms with E-state index in [0.29, 0.717) is 55.1 Å². The molecule has 328 valence electrons. The smallest absolute Gasteiger partial charge is 0.226 e. The molecule has 8 rings (SSSR count). The van der Waals surface area contributed by atoms with Crippen LogP contribution in [0.3, 0.4) is 0 Å². The zero-order valence-electron chi connectivity index (χ0n) is 35.4. The van der Waals surface area contributed by atoms with Crippen molar-refractivity contribution in [3.05, 3.63) is 154 Å². The topological polar surface area (TPSA) is 148 Å². The second-order valence-corrected chi connectivity index (χ2v) is 16.1. The van der Waals surface area contributed by atoms with Gasteiger partial charge in [0.1, 0.15) is 34.5 Å². The zero-order chi connectivity index (χ0) is 44.6. The molecule has 6 aromatic rings. The van der Waals surface area contributed by atoms with Crippen LogP contribution in [0.5, 0.6) is 0 Å². The van der Waals surface area contributed by atoms with Crippen LogP contribution in [0, 0.1) is 48.1 Å². The molecule has 0 radical (unpaired) electrons. The Hall–Kier alpha value is -5.54. The van der Waals surface area contributed by atoms with Crippen molar-refractivity contribution in [1.29, 1.82) is 10.5 Å². The summed E-state index contributed by atoms with van der Waals surface area (Å²) in [5, 5.41) is 28.2. The molecule has 2 aliphatic rings. The van der Waals surface area contributed by atoms with Crippen molar-refractivity contribution in [2.24, 2.45) is 0 Å². The Kier molecular flexibility index (Phi) is 17.7. The van der Waals surface area contributed by atoms with E-state index in [1.807, 2.05) is 62.4 Å². The van der Waals surface area contributed by atoms with E-state index in [1.165, 1.54) is 24.3 Å². The molecule has 0 amide bonds. The van der Waals surface area contributed by atoms with Gasteiger partial charge in [0.05, 0.1) is 67.5 Å². The van der Waals surface area contributed by atoms with Crippen molar-refractivity contribution < 1.29 is 36.9 Å². The van der Waals surface area contributed by atoms with E-state index in [9.17, 15) is 19.1 Å². The van der Waals surface area contributed by atoms with Gasteiger partial charge in [0.25, 0.3) is 0 Å². The monoisotopic (exact) mass is 920 g/mol. The Balaban J connectivity index is 0.000000178. The number of nitrogens with zero attached hydrogens (tertiary/aromatic N) is 4. The van der Waals surface area contributed by atoms with Crippen LogP contribution in [-0.4, -0.2) is 39.5 Å². The van der Waals surface area contributed by atoms with Gasteiger partial charge in [0.2, 0.25) is 11.8 Å². The lowest BCUT2D eigenvalue weighted by Gasteiger charge is -2.29. The van der Waals surface area contributed by atoms with Gasteiger partial charge in [-0.1, -0.05) is 52.3 Å². The molecule has 13 heteroatoms. The van der Waals surface area contributed by atoms with Crippen LogP contribution in [0.1, 0.15) is 96.5 Å². The summed E-state index contributed by atoms with van der Waals surface area (Å²) in [6.07, 6.45) is 7.35.